The average Bonchev–Trinajstić information content (AvgIpc) is 0. The molecule has 0 unspecified atom stereocenters. The molecule has 0 aliphatic rings. The van der Waals surface area contributed by atoms with Gasteiger partial charge in [-0.05, 0) is 0 Å². The van der Waals surface area contributed by atoms with Crippen LogP contribution >= 0.6 is 0 Å². The van der Waals surface area contributed by atoms with Crippen molar-refractivity contribution >= 4 is 0 Å². The van der Waals surface area contributed by atoms with Crippen molar-refractivity contribution in [1.82, 2.24) is 0 Å². The molecule has 288 valence electrons. The molecule has 32 nitrogen and oxygen atoms in total. The van der Waals surface area contributed by atoms with Crippen molar-refractivity contribution in [2.24, 2.45) is 0 Å². The predicted octanol–water partition coefficient (Wildman–Crippen LogP) is -102. The van der Waals surface area contributed by atoms with E-state index in [0.717, 1.165) is 0 Å². The minimum absolute atomic E-state index is 0. The number of hydrogen-bond acceptors (Lipinski definition) is 32. The molecular formula is H32K32O32Ti8. The normalized spacial score (nSPS) is 0. The molecule has 0 aromatic carbocycles. The SMILES string of the molecule is [K+].[K+].[K+].[K+].[K+].[K+].[K+].[K+].[K+].[K+].[K+].[K+].[K+].[K+].[K+].[K+].[K+].[K+].[K+].[K+].[K+].[K+].[K+].[K+].[K+].[K+].[K+].[K+].[K+].[K+].[K+].[K+].[OH-].[OH-].[OH-].[OH-].[OH-].[OH-].[OH-].[OH-].[OH-].[OH-].[OH-].[OH-].[OH-].[OH-].[OH-].[OH-].[OH-].[OH-].[OH-].[OH-].[OH-].[OH-].[OH-].[OH-].[OH-].[OH-].[OH-].[OH-].[OH-].[OH-].[OH-].[OH-].[Ti].[Ti].[Ti].[Ti].[Ti].[Ti].[Ti].[Ti]. The topological polar surface area (TPSA) is 960 Å². The van der Waals surface area contributed by atoms with E-state index in [1.807, 2.05) is 0 Å². The molecule has 0 bridgehead atoms. The summed E-state index contributed by atoms with van der Waals surface area (Å²) in [6, 6.07) is 0. The third-order valence-electron chi connectivity index (χ3n) is 0. The molecule has 0 aromatic rings. The Morgan fingerprint density at radius 2 is 0.0417 bits per heavy atom. The molecule has 0 atom stereocenters. The van der Waals surface area contributed by atoms with E-state index in [0.29, 0.717) is 0 Å². The van der Waals surface area contributed by atoms with Gasteiger partial charge < -0.3 is 175 Å². The summed E-state index contributed by atoms with van der Waals surface area (Å²) >= 11 is 0. The van der Waals surface area contributed by atoms with Crippen molar-refractivity contribution in [2.45, 2.75) is 0 Å². The second-order valence-electron chi connectivity index (χ2n) is 0. The van der Waals surface area contributed by atoms with E-state index in [9.17, 15) is 0 Å². The van der Waals surface area contributed by atoms with Crippen LogP contribution in [0.15, 0.2) is 0 Å². The first-order chi connectivity index (χ1) is 0. The summed E-state index contributed by atoms with van der Waals surface area (Å²) in [5.41, 5.74) is 0. The van der Waals surface area contributed by atoms with E-state index in [-0.39, 0.29) is 1990 Å². The number of rotatable bonds is 0. The largest absolute Gasteiger partial charge is 1.00 e. The molecule has 0 aromatic heterocycles. The van der Waals surface area contributed by atoms with Crippen LogP contribution in [0.2, 0.25) is 0 Å². The second-order valence-corrected chi connectivity index (χ2v) is 0. The van der Waals surface area contributed by atoms with Crippen LogP contribution in [0, 0.1) is 0 Å². The molecule has 0 radical (unpaired) electrons. The summed E-state index contributed by atoms with van der Waals surface area (Å²) in [6.07, 6.45) is 0. The zero-order chi connectivity index (χ0) is 0. The molecule has 0 aliphatic heterocycles. The van der Waals surface area contributed by atoms with Crippen molar-refractivity contribution in [3.05, 3.63) is 0 Å². The van der Waals surface area contributed by atoms with Gasteiger partial charge in [0.1, 0.15) is 0 Å². The molecule has 72 heavy (non-hydrogen) atoms. The zero-order valence-electron chi connectivity index (χ0n) is 50.3. The van der Waals surface area contributed by atoms with Gasteiger partial charge in [-0.15, -0.1) is 0 Å². The molecule has 0 saturated carbocycles. The molecule has 32 N–H and O–H groups in total. The molecule has 72 heteroatoms. The third kappa shape index (κ3) is 622. The van der Waals surface area contributed by atoms with Crippen molar-refractivity contribution < 1.29 is 1990 Å². The van der Waals surface area contributed by atoms with Crippen LogP contribution in [-0.4, -0.2) is 175 Å². The van der Waals surface area contributed by atoms with Gasteiger partial charge in [-0.25, -0.2) is 0 Å². The Morgan fingerprint density at radius 3 is 0.0417 bits per heavy atom. The van der Waals surface area contributed by atoms with Crippen LogP contribution in [0.5, 0.6) is 0 Å². The Hall–Kier alpha value is 56.8. The molecular weight excluding hydrogens is 2150 g/mol. The smallest absolute Gasteiger partial charge is 0.870 e. The quantitative estimate of drug-likeness (QED) is 0.203. The Bertz CT molecular complexity index is 100. The summed E-state index contributed by atoms with van der Waals surface area (Å²) in [6.45, 7) is 0. The molecule has 0 rings (SSSR count). The van der Waals surface area contributed by atoms with Crippen LogP contribution in [-0.2, 0) is 174 Å². The van der Waals surface area contributed by atoms with E-state index >= 15 is 0 Å². The average molecular weight is 2180 g/mol. The molecule has 0 aliphatic carbocycles. The van der Waals surface area contributed by atoms with Gasteiger partial charge in [0.05, 0.1) is 0 Å². The molecule has 0 saturated heterocycles. The van der Waals surface area contributed by atoms with Gasteiger partial charge in [-0.3, -0.25) is 0 Å². The van der Waals surface area contributed by atoms with E-state index in [1.54, 1.807) is 0 Å². The maximum atomic E-state index is 0. The van der Waals surface area contributed by atoms with Crippen LogP contribution in [0.25, 0.3) is 0 Å². The Morgan fingerprint density at radius 1 is 0.0417 bits per heavy atom. The molecule has 0 fully saturated rings. The van der Waals surface area contributed by atoms with Crippen LogP contribution in [0.4, 0.5) is 0 Å². The Labute approximate surface area is 1910 Å². The molecule has 0 spiro atoms. The number of hydrogen-bond donors (Lipinski definition) is 0. The van der Waals surface area contributed by atoms with Gasteiger partial charge in [-0.2, -0.15) is 0 Å². The molecule has 0 heterocycles. The van der Waals surface area contributed by atoms with Crippen LogP contribution in [0.1, 0.15) is 0 Å². The summed E-state index contributed by atoms with van der Waals surface area (Å²) in [5, 5.41) is 0. The van der Waals surface area contributed by atoms with Gasteiger partial charge >= 0.3 is 1640 Å². The van der Waals surface area contributed by atoms with Crippen molar-refractivity contribution in [3.63, 3.8) is 0 Å². The maximum Gasteiger partial charge on any atom is 1.00 e. The van der Waals surface area contributed by atoms with Crippen molar-refractivity contribution in [3.8, 4) is 0 Å². The summed E-state index contributed by atoms with van der Waals surface area (Å²) < 4.78 is 0. The Kier molecular flexibility index (Phi) is 5770. The minimum Gasteiger partial charge on any atom is -0.870 e. The van der Waals surface area contributed by atoms with Gasteiger partial charge in [-0.1, -0.05) is 0 Å². The fourth-order valence-electron chi connectivity index (χ4n) is 0. The summed E-state index contributed by atoms with van der Waals surface area (Å²) in [5.74, 6) is 0. The fraction of sp³-hybridized carbons (Fsp3) is 0. The fourth-order valence-corrected chi connectivity index (χ4v) is 0. The Balaban J connectivity index is 0. The van der Waals surface area contributed by atoms with Gasteiger partial charge in [0.25, 0.3) is 0 Å². The molecule has 0 amide bonds. The minimum atomic E-state index is 0. The van der Waals surface area contributed by atoms with Gasteiger partial charge in [0, 0.05) is 174 Å². The second kappa shape index (κ2) is 637. The van der Waals surface area contributed by atoms with E-state index in [2.05, 4.69) is 0 Å². The first-order valence-electron chi connectivity index (χ1n) is 0. The van der Waals surface area contributed by atoms with E-state index in [1.165, 1.54) is 0 Å². The summed E-state index contributed by atoms with van der Waals surface area (Å²) in [7, 11) is 0. The van der Waals surface area contributed by atoms with Gasteiger partial charge in [0.15, 0.2) is 0 Å². The van der Waals surface area contributed by atoms with E-state index in [4.69, 9.17) is 0 Å². The van der Waals surface area contributed by atoms with Crippen molar-refractivity contribution in [1.29, 1.82) is 0 Å². The standard InChI is InChI=1S/32K.32H2O.8Ti/h;;;;;;;;;;;;;;;;;;;;;;;;;;;;;;;;32*1H2;;;;;;;;/q32*+1;;;;;;;;;;;;;;;;;;;;;;;;;;;;;;;;;;;;;;;;/p-32. The van der Waals surface area contributed by atoms with Gasteiger partial charge in [0.2, 0.25) is 0 Å². The first-order valence-corrected chi connectivity index (χ1v) is 0. The zero-order valence-corrected chi connectivity index (χ0v) is 163. The van der Waals surface area contributed by atoms with Crippen LogP contribution < -0.4 is 1640 Å². The first kappa shape index (κ1) is 652. The van der Waals surface area contributed by atoms with Crippen molar-refractivity contribution in [2.75, 3.05) is 0 Å². The monoisotopic (exact) mass is 2170 g/mol. The van der Waals surface area contributed by atoms with E-state index < -0.39 is 0 Å². The third-order valence-corrected chi connectivity index (χ3v) is 0. The predicted molar refractivity (Wildman–Crippen MR) is 61.9 cm³/mol. The maximum absolute atomic E-state index is 0. The summed E-state index contributed by atoms with van der Waals surface area (Å²) in [4.78, 5) is 0. The van der Waals surface area contributed by atoms with Crippen LogP contribution in [0.3, 0.4) is 0 Å².